The average Bonchev–Trinajstić information content (AvgIpc) is 3.30. The first-order valence-corrected chi connectivity index (χ1v) is 10.4. The van der Waals surface area contributed by atoms with Crippen LogP contribution >= 0.6 is 0 Å². The third-order valence-electron chi connectivity index (χ3n) is 5.16. The number of aliphatic imine (C=N–C) groups is 1. The van der Waals surface area contributed by atoms with Gasteiger partial charge in [0.15, 0.2) is 12.6 Å². The molecule has 0 bridgehead atoms. The quantitative estimate of drug-likeness (QED) is 0.460. The van der Waals surface area contributed by atoms with Crippen LogP contribution in [0.4, 0.5) is 5.69 Å². The van der Waals surface area contributed by atoms with Gasteiger partial charge in [0.05, 0.1) is 6.04 Å². The normalized spacial score (nSPS) is 15.0. The van der Waals surface area contributed by atoms with E-state index in [1.807, 2.05) is 18.2 Å². The molecule has 3 rings (SSSR count). The number of benzene rings is 2. The molecule has 0 saturated carbocycles. The highest BCUT2D eigenvalue weighted by atomic mass is 16.5. The van der Waals surface area contributed by atoms with Gasteiger partial charge in [0, 0.05) is 32.4 Å². The Balaban J connectivity index is 1.56. The second-order valence-electron chi connectivity index (χ2n) is 7.48. The molecule has 1 fully saturated rings. The Labute approximate surface area is 178 Å². The van der Waals surface area contributed by atoms with Gasteiger partial charge in [-0.1, -0.05) is 24.3 Å². The van der Waals surface area contributed by atoms with E-state index in [0.717, 1.165) is 24.6 Å². The van der Waals surface area contributed by atoms with Crippen molar-refractivity contribution in [2.45, 2.75) is 32.4 Å². The zero-order chi connectivity index (χ0) is 21.3. The van der Waals surface area contributed by atoms with Gasteiger partial charge in [-0.25, -0.2) is 0 Å². The zero-order valence-corrected chi connectivity index (χ0v) is 17.7. The van der Waals surface area contributed by atoms with E-state index in [4.69, 9.17) is 10.5 Å². The number of amides is 1. The van der Waals surface area contributed by atoms with Crippen LogP contribution in [0.3, 0.4) is 0 Å². The molecule has 0 aliphatic carbocycles. The van der Waals surface area contributed by atoms with Crippen LogP contribution in [0.15, 0.2) is 53.5 Å². The SMILES string of the molecule is CN=C(NCc1cccc(OCC(N)=O)c1)NC(C)c1cccc(N2CCCC2)c1. The van der Waals surface area contributed by atoms with Crippen molar-refractivity contribution in [3.05, 3.63) is 59.7 Å². The van der Waals surface area contributed by atoms with Gasteiger partial charge in [-0.15, -0.1) is 0 Å². The summed E-state index contributed by atoms with van der Waals surface area (Å²) >= 11 is 0. The van der Waals surface area contributed by atoms with Gasteiger partial charge in [0.25, 0.3) is 5.91 Å². The van der Waals surface area contributed by atoms with E-state index < -0.39 is 5.91 Å². The average molecular weight is 410 g/mol. The minimum Gasteiger partial charge on any atom is -0.484 e. The maximum Gasteiger partial charge on any atom is 0.255 e. The molecule has 0 spiro atoms. The molecule has 2 aromatic rings. The summed E-state index contributed by atoms with van der Waals surface area (Å²) in [5.74, 6) is 0.839. The molecule has 1 aliphatic heterocycles. The van der Waals surface area contributed by atoms with Crippen molar-refractivity contribution < 1.29 is 9.53 Å². The predicted octanol–water partition coefficient (Wildman–Crippen LogP) is 2.58. The molecular weight excluding hydrogens is 378 g/mol. The predicted molar refractivity (Wildman–Crippen MR) is 121 cm³/mol. The van der Waals surface area contributed by atoms with Crippen LogP contribution < -0.4 is 26.0 Å². The van der Waals surface area contributed by atoms with Crippen molar-refractivity contribution in [3.8, 4) is 5.75 Å². The zero-order valence-electron chi connectivity index (χ0n) is 17.7. The minimum atomic E-state index is -0.495. The third kappa shape index (κ3) is 6.14. The van der Waals surface area contributed by atoms with Gasteiger partial charge in [0.2, 0.25) is 0 Å². The highest BCUT2D eigenvalue weighted by molar-refractivity contribution is 5.80. The fraction of sp³-hybridized carbons (Fsp3) is 0.391. The summed E-state index contributed by atoms with van der Waals surface area (Å²) in [4.78, 5) is 17.7. The number of carbonyl (C=O) groups excluding carboxylic acids is 1. The van der Waals surface area contributed by atoms with Crippen molar-refractivity contribution >= 4 is 17.6 Å². The summed E-state index contributed by atoms with van der Waals surface area (Å²) in [5, 5.41) is 6.78. The molecule has 0 radical (unpaired) electrons. The Morgan fingerprint density at radius 3 is 2.70 bits per heavy atom. The number of anilines is 1. The molecule has 1 atom stereocenters. The maximum atomic E-state index is 10.9. The van der Waals surface area contributed by atoms with Crippen molar-refractivity contribution in [1.29, 1.82) is 0 Å². The van der Waals surface area contributed by atoms with Gasteiger partial charge in [-0.05, 0) is 55.2 Å². The maximum absolute atomic E-state index is 10.9. The molecule has 7 nitrogen and oxygen atoms in total. The fourth-order valence-electron chi connectivity index (χ4n) is 3.53. The number of nitrogens with two attached hydrogens (primary N) is 1. The first kappa shape index (κ1) is 21.5. The molecule has 0 aromatic heterocycles. The smallest absolute Gasteiger partial charge is 0.255 e. The third-order valence-corrected chi connectivity index (χ3v) is 5.16. The molecule has 7 heteroatoms. The van der Waals surface area contributed by atoms with E-state index >= 15 is 0 Å². The van der Waals surface area contributed by atoms with E-state index in [9.17, 15) is 4.79 Å². The van der Waals surface area contributed by atoms with E-state index in [2.05, 4.69) is 51.7 Å². The van der Waals surface area contributed by atoms with Crippen molar-refractivity contribution in [2.75, 3.05) is 31.6 Å². The molecule has 30 heavy (non-hydrogen) atoms. The monoisotopic (exact) mass is 409 g/mol. The molecule has 160 valence electrons. The van der Waals surface area contributed by atoms with E-state index in [-0.39, 0.29) is 12.6 Å². The Kier molecular flexibility index (Phi) is 7.54. The van der Waals surface area contributed by atoms with Crippen LogP contribution in [0.25, 0.3) is 0 Å². The van der Waals surface area contributed by atoms with Crippen LogP contribution in [0.1, 0.15) is 36.9 Å². The lowest BCUT2D eigenvalue weighted by Crippen LogP contribution is -2.38. The number of hydrogen-bond donors (Lipinski definition) is 3. The van der Waals surface area contributed by atoms with Crippen LogP contribution in [0.5, 0.6) is 5.75 Å². The number of rotatable bonds is 8. The highest BCUT2D eigenvalue weighted by Crippen LogP contribution is 2.24. The molecule has 1 aliphatic rings. The van der Waals surface area contributed by atoms with E-state index in [1.165, 1.54) is 24.1 Å². The van der Waals surface area contributed by atoms with Crippen LogP contribution in [0, 0.1) is 0 Å². The topological polar surface area (TPSA) is 92.0 Å². The summed E-state index contributed by atoms with van der Waals surface area (Å²) in [6.45, 7) is 4.85. The molecule has 1 amide bonds. The summed E-state index contributed by atoms with van der Waals surface area (Å²) in [5.41, 5.74) is 8.66. The first-order chi connectivity index (χ1) is 14.5. The largest absolute Gasteiger partial charge is 0.484 e. The van der Waals surface area contributed by atoms with Gasteiger partial charge in [0.1, 0.15) is 5.75 Å². The Morgan fingerprint density at radius 2 is 1.97 bits per heavy atom. The minimum absolute atomic E-state index is 0.115. The van der Waals surface area contributed by atoms with Gasteiger partial charge in [-0.3, -0.25) is 9.79 Å². The summed E-state index contributed by atoms with van der Waals surface area (Å²) in [7, 11) is 1.76. The lowest BCUT2D eigenvalue weighted by molar-refractivity contribution is -0.119. The molecule has 4 N–H and O–H groups in total. The van der Waals surface area contributed by atoms with Gasteiger partial charge < -0.3 is 26.0 Å². The molecular formula is C23H31N5O2. The Bertz CT molecular complexity index is 877. The number of nitrogens with one attached hydrogen (secondary N) is 2. The molecule has 2 aromatic carbocycles. The number of guanidine groups is 1. The second kappa shape index (κ2) is 10.5. The van der Waals surface area contributed by atoms with Crippen molar-refractivity contribution in [3.63, 3.8) is 0 Å². The number of hydrogen-bond acceptors (Lipinski definition) is 4. The number of ether oxygens (including phenoxy) is 1. The lowest BCUT2D eigenvalue weighted by atomic mass is 10.1. The van der Waals surface area contributed by atoms with Crippen molar-refractivity contribution in [1.82, 2.24) is 10.6 Å². The van der Waals surface area contributed by atoms with Crippen LogP contribution in [-0.2, 0) is 11.3 Å². The van der Waals surface area contributed by atoms with Crippen LogP contribution in [0.2, 0.25) is 0 Å². The molecule has 1 unspecified atom stereocenters. The molecule has 1 saturated heterocycles. The summed E-state index contributed by atoms with van der Waals surface area (Å²) in [6.07, 6.45) is 2.53. The standard InChI is InChI=1S/C23H31N5O2/c1-17(19-8-6-9-20(14-19)28-11-3-4-12-28)27-23(25-2)26-15-18-7-5-10-21(13-18)30-16-22(24)29/h5-10,13-14,17H,3-4,11-12,15-16H2,1-2H3,(H2,24,29)(H2,25,26,27). The number of nitrogens with zero attached hydrogens (tertiary/aromatic N) is 2. The van der Waals surface area contributed by atoms with E-state index in [1.54, 1.807) is 13.1 Å². The van der Waals surface area contributed by atoms with Gasteiger partial charge in [-0.2, -0.15) is 0 Å². The fourth-order valence-corrected chi connectivity index (χ4v) is 3.53. The number of primary amides is 1. The Morgan fingerprint density at radius 1 is 1.20 bits per heavy atom. The summed E-state index contributed by atoms with van der Waals surface area (Å²) in [6, 6.07) is 16.4. The van der Waals surface area contributed by atoms with E-state index in [0.29, 0.717) is 12.3 Å². The highest BCUT2D eigenvalue weighted by Gasteiger charge is 2.14. The molecule has 1 heterocycles. The van der Waals surface area contributed by atoms with Crippen LogP contribution in [-0.4, -0.2) is 38.6 Å². The summed E-state index contributed by atoms with van der Waals surface area (Å²) < 4.78 is 5.36. The van der Waals surface area contributed by atoms with Crippen molar-refractivity contribution in [2.24, 2.45) is 10.7 Å². The second-order valence-corrected chi connectivity index (χ2v) is 7.48. The Hall–Kier alpha value is -3.22. The van der Waals surface area contributed by atoms with Gasteiger partial charge >= 0.3 is 0 Å². The number of carbonyl (C=O) groups is 1. The first-order valence-electron chi connectivity index (χ1n) is 10.4. The lowest BCUT2D eigenvalue weighted by Gasteiger charge is -2.22.